The van der Waals surface area contributed by atoms with Crippen LogP contribution in [0.1, 0.15) is 11.1 Å². The van der Waals surface area contributed by atoms with Crippen molar-refractivity contribution in [1.29, 1.82) is 0 Å². The van der Waals surface area contributed by atoms with Crippen LogP contribution in [0, 0.1) is 0 Å². The summed E-state index contributed by atoms with van der Waals surface area (Å²) in [4.78, 5) is 13.3. The maximum absolute atomic E-state index is 4.47. The molecule has 124 valence electrons. The van der Waals surface area contributed by atoms with Crippen molar-refractivity contribution in [3.63, 3.8) is 0 Å². The molecule has 0 saturated carbocycles. The first kappa shape index (κ1) is 16.6. The second-order valence-electron chi connectivity index (χ2n) is 6.36. The van der Waals surface area contributed by atoms with Gasteiger partial charge in [-0.05, 0) is 49.5 Å². The molecule has 3 aromatic rings. The van der Waals surface area contributed by atoms with Gasteiger partial charge >= 0.3 is 0 Å². The number of fused-ring (bicyclic) bond motifs is 1. The minimum atomic E-state index is 0.916. The Bertz CT molecular complexity index is 765. The van der Waals surface area contributed by atoms with Crippen LogP contribution in [0.2, 0.25) is 0 Å². The molecule has 0 aliphatic rings. The third-order valence-corrected chi connectivity index (χ3v) is 4.15. The molecule has 0 N–H and O–H groups in total. The number of nitrogens with zero attached hydrogens (tertiary/aromatic N) is 4. The number of aromatic nitrogens is 2. The number of benzene rings is 1. The largest absolute Gasteiger partial charge is 0.308 e. The fourth-order valence-corrected chi connectivity index (χ4v) is 2.84. The minimum absolute atomic E-state index is 0.916. The second kappa shape index (κ2) is 7.99. The summed E-state index contributed by atoms with van der Waals surface area (Å²) < 4.78 is 0. The Kier molecular flexibility index (Phi) is 5.51. The van der Waals surface area contributed by atoms with Gasteiger partial charge in [-0.15, -0.1) is 0 Å². The van der Waals surface area contributed by atoms with E-state index in [1.807, 2.05) is 24.7 Å². The summed E-state index contributed by atoms with van der Waals surface area (Å²) in [6.07, 6.45) is 5.64. The van der Waals surface area contributed by atoms with E-state index in [4.69, 9.17) is 0 Å². The number of rotatable bonds is 7. The Balaban J connectivity index is 1.82. The van der Waals surface area contributed by atoms with Gasteiger partial charge in [0, 0.05) is 50.2 Å². The molecule has 0 aliphatic carbocycles. The Labute approximate surface area is 143 Å². The summed E-state index contributed by atoms with van der Waals surface area (Å²) in [5.74, 6) is 0. The van der Waals surface area contributed by atoms with E-state index in [1.165, 1.54) is 16.5 Å². The maximum Gasteiger partial charge on any atom is 0.0705 e. The highest BCUT2D eigenvalue weighted by atomic mass is 15.2. The minimum Gasteiger partial charge on any atom is -0.308 e. The monoisotopic (exact) mass is 320 g/mol. The van der Waals surface area contributed by atoms with Crippen molar-refractivity contribution in [2.75, 3.05) is 27.2 Å². The molecule has 0 fully saturated rings. The first-order chi connectivity index (χ1) is 11.7. The third-order valence-electron chi connectivity index (χ3n) is 4.15. The van der Waals surface area contributed by atoms with Gasteiger partial charge in [0.15, 0.2) is 0 Å². The van der Waals surface area contributed by atoms with Crippen molar-refractivity contribution >= 4 is 10.9 Å². The molecule has 0 aliphatic heterocycles. The average molecular weight is 320 g/mol. The molecule has 4 nitrogen and oxygen atoms in total. The highest BCUT2D eigenvalue weighted by molar-refractivity contribution is 5.81. The molecule has 0 amide bonds. The zero-order chi connectivity index (χ0) is 16.8. The van der Waals surface area contributed by atoms with Crippen LogP contribution < -0.4 is 0 Å². The van der Waals surface area contributed by atoms with Gasteiger partial charge in [-0.3, -0.25) is 14.9 Å². The van der Waals surface area contributed by atoms with E-state index in [2.05, 4.69) is 70.3 Å². The zero-order valence-electron chi connectivity index (χ0n) is 14.4. The Morgan fingerprint density at radius 2 is 1.62 bits per heavy atom. The van der Waals surface area contributed by atoms with Gasteiger partial charge in [0.25, 0.3) is 0 Å². The lowest BCUT2D eigenvalue weighted by Gasteiger charge is -2.25. The quantitative estimate of drug-likeness (QED) is 0.669. The van der Waals surface area contributed by atoms with Gasteiger partial charge in [-0.25, -0.2) is 0 Å². The lowest BCUT2D eigenvalue weighted by atomic mass is 10.1. The van der Waals surface area contributed by atoms with Crippen molar-refractivity contribution in [3.05, 3.63) is 72.2 Å². The topological polar surface area (TPSA) is 32.3 Å². The molecule has 1 aromatic carbocycles. The highest BCUT2D eigenvalue weighted by Gasteiger charge is 2.10. The summed E-state index contributed by atoms with van der Waals surface area (Å²) in [6, 6.07) is 14.7. The molecule has 0 unspecified atom stereocenters. The Hall–Kier alpha value is -2.30. The summed E-state index contributed by atoms with van der Waals surface area (Å²) in [7, 11) is 4.24. The van der Waals surface area contributed by atoms with Crippen LogP contribution in [0.15, 0.2) is 61.1 Å². The molecule has 0 bridgehead atoms. The van der Waals surface area contributed by atoms with Gasteiger partial charge in [-0.2, -0.15) is 0 Å². The first-order valence-corrected chi connectivity index (χ1v) is 8.31. The molecule has 2 aromatic heterocycles. The van der Waals surface area contributed by atoms with Crippen molar-refractivity contribution in [3.8, 4) is 0 Å². The SMILES string of the molecule is CN(C)CCN(Cc1ccncc1)Cc1ccnc2ccccc12. The van der Waals surface area contributed by atoms with E-state index in [-0.39, 0.29) is 0 Å². The van der Waals surface area contributed by atoms with Crippen LogP contribution in [0.5, 0.6) is 0 Å². The van der Waals surface area contributed by atoms with Gasteiger partial charge in [0.1, 0.15) is 0 Å². The van der Waals surface area contributed by atoms with Crippen LogP contribution in [0.25, 0.3) is 10.9 Å². The summed E-state index contributed by atoms with van der Waals surface area (Å²) in [6.45, 7) is 3.90. The van der Waals surface area contributed by atoms with E-state index in [9.17, 15) is 0 Å². The van der Waals surface area contributed by atoms with Crippen LogP contribution in [-0.2, 0) is 13.1 Å². The third kappa shape index (κ3) is 4.37. The van der Waals surface area contributed by atoms with E-state index >= 15 is 0 Å². The normalized spacial score (nSPS) is 11.5. The van der Waals surface area contributed by atoms with Gasteiger partial charge in [0.05, 0.1) is 5.52 Å². The molecular weight excluding hydrogens is 296 g/mol. The van der Waals surface area contributed by atoms with Crippen molar-refractivity contribution in [2.24, 2.45) is 0 Å². The highest BCUT2D eigenvalue weighted by Crippen LogP contribution is 2.19. The van der Waals surface area contributed by atoms with Crippen molar-refractivity contribution in [2.45, 2.75) is 13.1 Å². The molecular formula is C20H24N4. The standard InChI is InChI=1S/C20H24N4/c1-23(2)13-14-24(15-17-7-10-21-11-8-17)16-18-9-12-22-20-6-4-3-5-19(18)20/h3-12H,13-16H2,1-2H3. The molecule has 0 atom stereocenters. The summed E-state index contributed by atoms with van der Waals surface area (Å²) in [5, 5.41) is 1.24. The van der Waals surface area contributed by atoms with Crippen LogP contribution in [0.3, 0.4) is 0 Å². The molecule has 0 saturated heterocycles. The van der Waals surface area contributed by atoms with Crippen LogP contribution in [0.4, 0.5) is 0 Å². The molecule has 24 heavy (non-hydrogen) atoms. The van der Waals surface area contributed by atoms with Gasteiger partial charge in [0.2, 0.25) is 0 Å². The lowest BCUT2D eigenvalue weighted by molar-refractivity contribution is 0.227. The fraction of sp³-hybridized carbons (Fsp3) is 0.300. The number of para-hydroxylation sites is 1. The molecule has 4 heteroatoms. The first-order valence-electron chi connectivity index (χ1n) is 8.31. The van der Waals surface area contributed by atoms with Crippen molar-refractivity contribution in [1.82, 2.24) is 19.8 Å². The number of likely N-dealkylation sites (N-methyl/N-ethyl adjacent to an activating group) is 1. The van der Waals surface area contributed by atoms with E-state index in [1.54, 1.807) is 0 Å². The smallest absolute Gasteiger partial charge is 0.0705 e. The molecule has 2 heterocycles. The molecule has 0 radical (unpaired) electrons. The number of pyridine rings is 2. The fourth-order valence-electron chi connectivity index (χ4n) is 2.84. The predicted molar refractivity (Wildman–Crippen MR) is 98.6 cm³/mol. The maximum atomic E-state index is 4.47. The lowest BCUT2D eigenvalue weighted by Crippen LogP contribution is -2.31. The van der Waals surface area contributed by atoms with E-state index in [0.29, 0.717) is 0 Å². The van der Waals surface area contributed by atoms with E-state index in [0.717, 1.165) is 31.7 Å². The van der Waals surface area contributed by atoms with Gasteiger partial charge in [-0.1, -0.05) is 18.2 Å². The zero-order valence-corrected chi connectivity index (χ0v) is 14.4. The second-order valence-corrected chi connectivity index (χ2v) is 6.36. The van der Waals surface area contributed by atoms with Crippen LogP contribution >= 0.6 is 0 Å². The number of hydrogen-bond donors (Lipinski definition) is 0. The van der Waals surface area contributed by atoms with Crippen molar-refractivity contribution < 1.29 is 0 Å². The Morgan fingerprint density at radius 3 is 2.42 bits per heavy atom. The summed E-state index contributed by atoms with van der Waals surface area (Å²) >= 11 is 0. The van der Waals surface area contributed by atoms with E-state index < -0.39 is 0 Å². The Morgan fingerprint density at radius 1 is 0.833 bits per heavy atom. The molecule has 3 rings (SSSR count). The number of hydrogen-bond acceptors (Lipinski definition) is 4. The van der Waals surface area contributed by atoms with Crippen LogP contribution in [-0.4, -0.2) is 47.0 Å². The summed E-state index contributed by atoms with van der Waals surface area (Å²) in [5.41, 5.74) is 3.68. The average Bonchev–Trinajstić information content (AvgIpc) is 2.61. The predicted octanol–water partition coefficient (Wildman–Crippen LogP) is 3.19. The van der Waals surface area contributed by atoms with Gasteiger partial charge < -0.3 is 4.90 Å². The molecule has 0 spiro atoms.